The highest BCUT2D eigenvalue weighted by atomic mass is 19.4. The molecular weight excluding hydrogens is 604 g/mol. The average molecular weight is 705 g/mol. The van der Waals surface area contributed by atoms with Gasteiger partial charge in [-0.1, -0.05) is 240 Å². The molecule has 1 aromatic carbocycles. The Kier molecular flexibility index (Phi) is 115. The Hall–Kier alpha value is -1.06. The molecule has 4 heteroatoms. The van der Waals surface area contributed by atoms with Gasteiger partial charge < -0.3 is 0 Å². The van der Waals surface area contributed by atoms with Crippen molar-refractivity contribution in [2.24, 2.45) is 23.2 Å². The number of hydrogen-bond acceptors (Lipinski definition) is 0. The molecule has 1 rings (SSSR count). The summed E-state index contributed by atoms with van der Waals surface area (Å²) in [4.78, 5) is 0. The maximum absolute atomic E-state index is 10.4. The van der Waals surface area contributed by atoms with Gasteiger partial charge in [-0.25, -0.2) is 0 Å². The summed E-state index contributed by atoms with van der Waals surface area (Å²) in [5.74, 6) is 2.60. The van der Waals surface area contributed by atoms with Gasteiger partial charge in [0.1, 0.15) is 0 Å². The third-order valence-corrected chi connectivity index (χ3v) is 3.78. The van der Waals surface area contributed by atoms with E-state index in [1.807, 2.05) is 32.0 Å². The van der Waals surface area contributed by atoms with Crippen LogP contribution in [0.1, 0.15) is 217 Å². The van der Waals surface area contributed by atoms with E-state index < -0.39 is 6.18 Å². The number of unbranched alkanes of at least 4 members (excludes halogenated alkanes) is 3. The molecule has 0 atom stereocenters. The van der Waals surface area contributed by atoms with Gasteiger partial charge in [0.2, 0.25) is 0 Å². The van der Waals surface area contributed by atoms with Crippen molar-refractivity contribution in [3.8, 4) is 0 Å². The van der Waals surface area contributed by atoms with Gasteiger partial charge >= 0.3 is 6.18 Å². The molecule has 0 aliphatic heterocycles. The van der Waals surface area contributed by atoms with Crippen LogP contribution in [0.15, 0.2) is 30.3 Å². The summed E-state index contributed by atoms with van der Waals surface area (Å²) in [5.41, 5.74) is 1.82. The number of hydrogen-bond donors (Lipinski definition) is 0. The van der Waals surface area contributed by atoms with E-state index in [0.717, 1.165) is 17.8 Å². The molecule has 304 valence electrons. The number of aryl methyl sites for hydroxylation is 1. The lowest BCUT2D eigenvalue weighted by atomic mass is 10.0. The van der Waals surface area contributed by atoms with Crippen LogP contribution in [0.5, 0.6) is 0 Å². The van der Waals surface area contributed by atoms with Crippen molar-refractivity contribution in [1.82, 2.24) is 0 Å². The fourth-order valence-electron chi connectivity index (χ4n) is 0.888. The molecule has 0 saturated carbocycles. The Balaban J connectivity index is -0.0000000354. The van der Waals surface area contributed by atoms with Crippen molar-refractivity contribution in [1.29, 1.82) is 0 Å². The van der Waals surface area contributed by atoms with E-state index in [1.54, 1.807) is 0 Å². The number of benzene rings is 1. The first-order chi connectivity index (χ1) is 21.4. The van der Waals surface area contributed by atoms with E-state index in [2.05, 4.69) is 151 Å². The maximum Gasteiger partial charge on any atom is 0.386 e. The first kappa shape index (κ1) is 76.7. The highest BCUT2D eigenvalue weighted by Gasteiger charge is 2.15. The molecule has 0 unspecified atom stereocenters. The van der Waals surface area contributed by atoms with Crippen LogP contribution in [-0.4, -0.2) is 13.4 Å². The van der Waals surface area contributed by atoms with Gasteiger partial charge in [-0.05, 0) is 30.1 Å². The van der Waals surface area contributed by atoms with Crippen LogP contribution in [0.25, 0.3) is 0 Å². The van der Waals surface area contributed by atoms with Crippen LogP contribution in [-0.2, 0) is 0 Å². The summed E-state index contributed by atoms with van der Waals surface area (Å²) in [6.07, 6.45) is 6.58. The minimum atomic E-state index is -4.00. The molecule has 0 amide bonds. The zero-order chi connectivity index (χ0) is 40.5. The molecule has 0 aliphatic carbocycles. The van der Waals surface area contributed by atoms with Crippen LogP contribution in [0.2, 0.25) is 0 Å². The highest BCUT2D eigenvalue weighted by molar-refractivity contribution is 5.11. The van der Waals surface area contributed by atoms with E-state index in [0.29, 0.717) is 12.6 Å². The van der Waals surface area contributed by atoms with Gasteiger partial charge in [0.05, 0.1) is 7.18 Å². The predicted octanol–water partition coefficient (Wildman–Crippen LogP) is 19.1. The van der Waals surface area contributed by atoms with Crippen LogP contribution >= 0.6 is 0 Å². The molecule has 1 aromatic rings. The molecule has 0 bridgehead atoms. The van der Waals surface area contributed by atoms with Crippen molar-refractivity contribution in [3.63, 3.8) is 0 Å². The second kappa shape index (κ2) is 71.8. The Morgan fingerprint density at radius 1 is 0.542 bits per heavy atom. The van der Waals surface area contributed by atoms with Crippen molar-refractivity contribution in [2.75, 3.05) is 7.18 Å². The second-order valence-electron chi connectivity index (χ2n) is 13.8. The number of rotatable bonds is 5. The third kappa shape index (κ3) is 447. The Bertz CT molecular complexity index is 460. The molecule has 48 heavy (non-hydrogen) atoms. The summed E-state index contributed by atoms with van der Waals surface area (Å²) in [6, 6.07) is 10.3. The SMILES string of the molecule is C.CC.CC(C)(C)C.CC(C)C.CC(F)(F)F.CCC.CCC(C)C.CCC(C)C.CCCC.CCCCC.CF.Cc1ccccc1. The van der Waals surface area contributed by atoms with Crippen molar-refractivity contribution < 1.29 is 17.6 Å². The molecule has 0 saturated heterocycles. The minimum absolute atomic E-state index is 0. The lowest BCUT2D eigenvalue weighted by molar-refractivity contribution is -0.110. The minimum Gasteiger partial charge on any atom is -0.255 e. The lowest BCUT2D eigenvalue weighted by Gasteiger charge is -2.05. The fraction of sp³-hybridized carbons (Fsp3) is 0.864. The fourth-order valence-corrected chi connectivity index (χ4v) is 0.888. The van der Waals surface area contributed by atoms with Crippen molar-refractivity contribution >= 4 is 0 Å². The lowest BCUT2D eigenvalue weighted by Crippen LogP contribution is -1.95. The summed E-state index contributed by atoms with van der Waals surface area (Å²) in [6.45, 7) is 47.8. The Morgan fingerprint density at radius 2 is 0.708 bits per heavy atom. The van der Waals surface area contributed by atoms with Crippen LogP contribution in [0, 0.1) is 30.1 Å². The molecule has 0 spiro atoms. The first-order valence-corrected chi connectivity index (χ1v) is 18.9. The monoisotopic (exact) mass is 705 g/mol. The molecule has 0 aliphatic rings. The van der Waals surface area contributed by atoms with Crippen LogP contribution in [0.3, 0.4) is 0 Å². The zero-order valence-corrected chi connectivity index (χ0v) is 37.3. The van der Waals surface area contributed by atoms with E-state index in [-0.39, 0.29) is 14.4 Å². The first-order valence-electron chi connectivity index (χ1n) is 18.9. The normalized spacial score (nSPS) is 8.65. The average Bonchev–Trinajstić information content (AvgIpc) is 2.95. The highest BCUT2D eigenvalue weighted by Crippen LogP contribution is 2.10. The van der Waals surface area contributed by atoms with Gasteiger partial charge in [-0.3, -0.25) is 4.39 Å². The molecule has 0 nitrogen and oxygen atoms in total. The van der Waals surface area contributed by atoms with Crippen LogP contribution in [0.4, 0.5) is 17.6 Å². The number of alkyl halides is 4. The van der Waals surface area contributed by atoms with Gasteiger partial charge in [-0.2, -0.15) is 13.2 Å². The van der Waals surface area contributed by atoms with Gasteiger partial charge in [0.25, 0.3) is 0 Å². The van der Waals surface area contributed by atoms with E-state index in [4.69, 9.17) is 0 Å². The molecule has 0 radical (unpaired) electrons. The maximum atomic E-state index is 10.4. The van der Waals surface area contributed by atoms with Crippen molar-refractivity contribution in [2.45, 2.75) is 224 Å². The summed E-state index contributed by atoms with van der Waals surface area (Å²) < 4.78 is 40.6. The molecule has 0 heterocycles. The van der Waals surface area contributed by atoms with Gasteiger partial charge in [0.15, 0.2) is 0 Å². The molecular formula is C44H100F4. The molecule has 0 fully saturated rings. The third-order valence-electron chi connectivity index (χ3n) is 3.78. The van der Waals surface area contributed by atoms with Gasteiger partial charge in [0, 0.05) is 6.92 Å². The topological polar surface area (TPSA) is 0 Å². The zero-order valence-electron chi connectivity index (χ0n) is 37.3. The van der Waals surface area contributed by atoms with E-state index in [1.165, 1.54) is 56.9 Å². The Labute approximate surface area is 307 Å². The summed E-state index contributed by atoms with van der Waals surface area (Å²) in [7, 11) is 0.500. The summed E-state index contributed by atoms with van der Waals surface area (Å²) in [5, 5.41) is 0. The Morgan fingerprint density at radius 3 is 0.750 bits per heavy atom. The number of halogens is 4. The molecule has 0 aromatic heterocycles. The van der Waals surface area contributed by atoms with E-state index >= 15 is 0 Å². The standard InChI is InChI=1S/C7H8.4C5H12.2C4H10.C3H8.C2H3F3.C2H6.CH3F.CH4/c1-7-5-3-2-4-6-7;1-5(2,3)4;2*1-4-5(2)3;1-3-5-4-2;1-4(2)3;1-3-4-2;1-3-2;1-2(3,4)5;2*1-2;/h2-6H,1H3;1-4H3;2*5H,4H2,1-3H3;3-5H2,1-2H3;4H,1-3H3;3-4H2,1-2H3;3H2,1-2H3;1H3;1-2H3;1H3;1H4. The summed E-state index contributed by atoms with van der Waals surface area (Å²) >= 11 is 0. The quantitative estimate of drug-likeness (QED) is 0.268. The van der Waals surface area contributed by atoms with Crippen molar-refractivity contribution in [3.05, 3.63) is 35.9 Å². The molecule has 0 N–H and O–H groups in total. The largest absolute Gasteiger partial charge is 0.386 e. The van der Waals surface area contributed by atoms with Crippen LogP contribution < -0.4 is 0 Å². The second-order valence-corrected chi connectivity index (χ2v) is 13.8. The van der Waals surface area contributed by atoms with Gasteiger partial charge in [-0.15, -0.1) is 0 Å². The predicted molar refractivity (Wildman–Crippen MR) is 226 cm³/mol. The smallest absolute Gasteiger partial charge is 0.255 e. The van der Waals surface area contributed by atoms with E-state index in [9.17, 15) is 17.6 Å².